The van der Waals surface area contributed by atoms with Gasteiger partial charge < -0.3 is 10.5 Å². The summed E-state index contributed by atoms with van der Waals surface area (Å²) in [4.78, 5) is 12.4. The van der Waals surface area contributed by atoms with Crippen LogP contribution in [0.25, 0.3) is 0 Å². The average Bonchev–Trinajstić information content (AvgIpc) is 2.50. The molecule has 0 aromatic rings. The van der Waals surface area contributed by atoms with Crippen LogP contribution >= 0.6 is 0 Å². The smallest absolute Gasteiger partial charge is 0.310 e. The Bertz CT molecular complexity index is 340. The lowest BCUT2D eigenvalue weighted by Gasteiger charge is -2.39. The zero-order valence-corrected chi connectivity index (χ0v) is 13.4. The lowest BCUT2D eigenvalue weighted by Crippen LogP contribution is -2.40. The minimum Gasteiger partial charge on any atom is -0.462 e. The van der Waals surface area contributed by atoms with Crippen molar-refractivity contribution in [2.75, 3.05) is 0 Å². The highest BCUT2D eigenvalue weighted by molar-refractivity contribution is 5.73. The molecule has 2 aliphatic rings. The van der Waals surface area contributed by atoms with E-state index in [4.69, 9.17) is 10.5 Å². The first-order chi connectivity index (χ1) is 9.37. The Balaban J connectivity index is 1.92. The maximum atomic E-state index is 12.4. The molecule has 0 amide bonds. The second kappa shape index (κ2) is 6.46. The number of hydrogen-bond donors (Lipinski definition) is 1. The fourth-order valence-corrected chi connectivity index (χ4v) is 4.23. The van der Waals surface area contributed by atoms with Gasteiger partial charge in [0.2, 0.25) is 0 Å². The third-order valence-electron chi connectivity index (χ3n) is 5.00. The van der Waals surface area contributed by atoms with Gasteiger partial charge in [0.15, 0.2) is 0 Å². The lowest BCUT2D eigenvalue weighted by atomic mass is 9.71. The normalized spacial score (nSPS) is 38.0. The minimum atomic E-state index is -0.0714. The van der Waals surface area contributed by atoms with E-state index in [1.807, 2.05) is 0 Å². The standard InChI is InChI=1S/C17H31NO2/c1-12-9-13(11-17(2,3)10-12)20-16(19)14-7-5-4-6-8-15(14)18/h12-15H,4-11,18H2,1-3H3. The summed E-state index contributed by atoms with van der Waals surface area (Å²) in [6.45, 7) is 6.82. The second-order valence-electron chi connectivity index (χ2n) is 7.88. The minimum absolute atomic E-state index is 0.000903. The van der Waals surface area contributed by atoms with Gasteiger partial charge in [-0.1, -0.05) is 40.0 Å². The molecule has 2 aliphatic carbocycles. The van der Waals surface area contributed by atoms with E-state index in [9.17, 15) is 4.79 Å². The van der Waals surface area contributed by atoms with Crippen molar-refractivity contribution >= 4 is 5.97 Å². The summed E-state index contributed by atoms with van der Waals surface area (Å²) in [7, 11) is 0. The Hall–Kier alpha value is -0.570. The van der Waals surface area contributed by atoms with Gasteiger partial charge in [-0.05, 0) is 43.4 Å². The quantitative estimate of drug-likeness (QED) is 0.621. The highest BCUT2D eigenvalue weighted by atomic mass is 16.5. The topological polar surface area (TPSA) is 52.3 Å². The molecule has 4 unspecified atom stereocenters. The highest BCUT2D eigenvalue weighted by Crippen LogP contribution is 2.40. The van der Waals surface area contributed by atoms with Crippen LogP contribution in [0.3, 0.4) is 0 Å². The van der Waals surface area contributed by atoms with E-state index in [0.717, 1.165) is 38.5 Å². The van der Waals surface area contributed by atoms with Crippen molar-refractivity contribution in [2.45, 2.75) is 84.3 Å². The van der Waals surface area contributed by atoms with Gasteiger partial charge in [-0.3, -0.25) is 4.79 Å². The molecule has 0 saturated heterocycles. The maximum absolute atomic E-state index is 12.4. The molecule has 0 heterocycles. The lowest BCUT2D eigenvalue weighted by molar-refractivity contribution is -0.159. The van der Waals surface area contributed by atoms with Gasteiger partial charge in [0.25, 0.3) is 0 Å². The Morgan fingerprint density at radius 3 is 2.55 bits per heavy atom. The Labute approximate surface area is 123 Å². The van der Waals surface area contributed by atoms with Crippen LogP contribution in [0.5, 0.6) is 0 Å². The molecule has 2 rings (SSSR count). The van der Waals surface area contributed by atoms with Crippen molar-refractivity contribution in [1.82, 2.24) is 0 Å². The molecule has 0 aromatic carbocycles. The van der Waals surface area contributed by atoms with Crippen molar-refractivity contribution in [2.24, 2.45) is 23.0 Å². The van der Waals surface area contributed by atoms with Gasteiger partial charge in [0.05, 0.1) is 5.92 Å². The average molecular weight is 281 g/mol. The van der Waals surface area contributed by atoms with Crippen LogP contribution in [0.1, 0.15) is 72.1 Å². The number of esters is 1. The molecule has 116 valence electrons. The van der Waals surface area contributed by atoms with Gasteiger partial charge in [-0.25, -0.2) is 0 Å². The molecule has 0 bridgehead atoms. The molecular formula is C17H31NO2. The number of hydrogen-bond acceptors (Lipinski definition) is 3. The van der Waals surface area contributed by atoms with Crippen LogP contribution in [-0.2, 0) is 9.53 Å². The van der Waals surface area contributed by atoms with E-state index >= 15 is 0 Å². The number of rotatable bonds is 2. The molecule has 2 fully saturated rings. The van der Waals surface area contributed by atoms with Crippen molar-refractivity contribution in [3.63, 3.8) is 0 Å². The largest absolute Gasteiger partial charge is 0.462 e. The molecule has 4 atom stereocenters. The van der Waals surface area contributed by atoms with Gasteiger partial charge in [0.1, 0.15) is 6.10 Å². The maximum Gasteiger partial charge on any atom is 0.310 e. The zero-order valence-electron chi connectivity index (χ0n) is 13.4. The van der Waals surface area contributed by atoms with Crippen LogP contribution < -0.4 is 5.73 Å². The summed E-state index contributed by atoms with van der Waals surface area (Å²) in [5.74, 6) is 0.534. The van der Waals surface area contributed by atoms with Crippen LogP contribution in [-0.4, -0.2) is 18.1 Å². The van der Waals surface area contributed by atoms with Crippen LogP contribution in [0, 0.1) is 17.3 Å². The summed E-state index contributed by atoms with van der Waals surface area (Å²) >= 11 is 0. The van der Waals surface area contributed by atoms with Gasteiger partial charge in [-0.2, -0.15) is 0 Å². The van der Waals surface area contributed by atoms with Gasteiger partial charge >= 0.3 is 5.97 Å². The third-order valence-corrected chi connectivity index (χ3v) is 5.00. The molecule has 0 radical (unpaired) electrons. The van der Waals surface area contributed by atoms with Crippen molar-refractivity contribution < 1.29 is 9.53 Å². The number of carbonyl (C=O) groups excluding carboxylic acids is 1. The molecule has 3 nitrogen and oxygen atoms in total. The first-order valence-corrected chi connectivity index (χ1v) is 8.33. The molecule has 0 aliphatic heterocycles. The molecule has 0 aromatic heterocycles. The Morgan fingerprint density at radius 2 is 1.85 bits per heavy atom. The Morgan fingerprint density at radius 1 is 1.15 bits per heavy atom. The summed E-state index contributed by atoms with van der Waals surface area (Å²) in [6.07, 6.45) is 8.66. The second-order valence-corrected chi connectivity index (χ2v) is 7.88. The predicted octanol–water partition coefficient (Wildman–Crippen LogP) is 3.65. The van der Waals surface area contributed by atoms with E-state index < -0.39 is 0 Å². The summed E-state index contributed by atoms with van der Waals surface area (Å²) in [5, 5.41) is 0. The Kier molecular flexibility index (Phi) is 5.11. The van der Waals surface area contributed by atoms with E-state index in [1.165, 1.54) is 12.8 Å². The first-order valence-electron chi connectivity index (χ1n) is 8.33. The van der Waals surface area contributed by atoms with Gasteiger partial charge in [-0.15, -0.1) is 0 Å². The highest BCUT2D eigenvalue weighted by Gasteiger charge is 2.36. The molecule has 3 heteroatoms. The van der Waals surface area contributed by atoms with Crippen molar-refractivity contribution in [3.8, 4) is 0 Å². The van der Waals surface area contributed by atoms with E-state index in [2.05, 4.69) is 20.8 Å². The van der Waals surface area contributed by atoms with Crippen LogP contribution in [0.15, 0.2) is 0 Å². The third kappa shape index (κ3) is 4.21. The van der Waals surface area contributed by atoms with Crippen molar-refractivity contribution in [3.05, 3.63) is 0 Å². The van der Waals surface area contributed by atoms with E-state index in [0.29, 0.717) is 5.92 Å². The zero-order chi connectivity index (χ0) is 14.8. The monoisotopic (exact) mass is 281 g/mol. The number of carbonyl (C=O) groups is 1. The van der Waals surface area contributed by atoms with Crippen molar-refractivity contribution in [1.29, 1.82) is 0 Å². The van der Waals surface area contributed by atoms with Crippen LogP contribution in [0.2, 0.25) is 0 Å². The summed E-state index contributed by atoms with van der Waals surface area (Å²) in [5.41, 5.74) is 6.45. The van der Waals surface area contributed by atoms with E-state index in [-0.39, 0.29) is 29.4 Å². The van der Waals surface area contributed by atoms with Crippen LogP contribution in [0.4, 0.5) is 0 Å². The number of nitrogens with two attached hydrogens (primary N) is 1. The van der Waals surface area contributed by atoms with E-state index in [1.54, 1.807) is 0 Å². The number of ether oxygens (including phenoxy) is 1. The SMILES string of the molecule is CC1CC(OC(=O)C2CCCCCC2N)CC(C)(C)C1. The summed E-state index contributed by atoms with van der Waals surface area (Å²) in [6, 6.07) is -0.000903. The summed E-state index contributed by atoms with van der Waals surface area (Å²) < 4.78 is 5.84. The fraction of sp³-hybridized carbons (Fsp3) is 0.941. The molecular weight excluding hydrogens is 250 g/mol. The fourth-order valence-electron chi connectivity index (χ4n) is 4.23. The molecule has 2 N–H and O–H groups in total. The molecule has 2 saturated carbocycles. The first kappa shape index (κ1) is 15.8. The van der Waals surface area contributed by atoms with Gasteiger partial charge in [0, 0.05) is 6.04 Å². The molecule has 0 spiro atoms. The molecule has 20 heavy (non-hydrogen) atoms. The predicted molar refractivity (Wildman–Crippen MR) is 81.2 cm³/mol.